The van der Waals surface area contributed by atoms with Gasteiger partial charge in [-0.15, -0.1) is 0 Å². The van der Waals surface area contributed by atoms with Gasteiger partial charge in [-0.05, 0) is 78.9 Å². The zero-order valence-corrected chi connectivity index (χ0v) is 26.2. The number of nitriles is 2. The first kappa shape index (κ1) is 27.1. The molecule has 5 nitrogen and oxygen atoms in total. The first-order chi connectivity index (χ1) is 24.2. The van der Waals surface area contributed by atoms with Gasteiger partial charge in [0.1, 0.15) is 0 Å². The van der Waals surface area contributed by atoms with Gasteiger partial charge in [0.05, 0.1) is 56.4 Å². The standard InChI is InChI=1S/C44H25N5/c45-26-28-17-21-41-37(23-28)38-24-29(27-46)18-22-42(38)47(41)31-11-8-12-32(25-31)49-40-16-7-5-14-34(40)36-20-19-35-33-13-4-6-15-39(33)48(43(35)44(36)49)30-9-2-1-3-10-30/h1-25H. The van der Waals surface area contributed by atoms with E-state index >= 15 is 0 Å². The van der Waals surface area contributed by atoms with Crippen molar-refractivity contribution in [3.05, 3.63) is 163 Å². The summed E-state index contributed by atoms with van der Waals surface area (Å²) in [7, 11) is 0. The molecular weight excluding hydrogens is 599 g/mol. The van der Waals surface area contributed by atoms with Gasteiger partial charge in [-0.25, -0.2) is 0 Å². The molecule has 49 heavy (non-hydrogen) atoms. The van der Waals surface area contributed by atoms with E-state index in [4.69, 9.17) is 0 Å². The Kier molecular flexibility index (Phi) is 5.64. The highest BCUT2D eigenvalue weighted by Crippen LogP contribution is 2.42. The molecule has 0 saturated carbocycles. The van der Waals surface area contributed by atoms with E-state index < -0.39 is 0 Å². The molecule has 7 aromatic carbocycles. The molecule has 0 saturated heterocycles. The molecule has 5 heteroatoms. The van der Waals surface area contributed by atoms with Crippen LogP contribution in [0.2, 0.25) is 0 Å². The number of hydrogen-bond acceptors (Lipinski definition) is 2. The summed E-state index contributed by atoms with van der Waals surface area (Å²) in [4.78, 5) is 0. The summed E-state index contributed by atoms with van der Waals surface area (Å²) in [5, 5.41) is 26.1. The smallest absolute Gasteiger partial charge is 0.0991 e. The van der Waals surface area contributed by atoms with Crippen LogP contribution in [0.4, 0.5) is 0 Å². The highest BCUT2D eigenvalue weighted by molar-refractivity contribution is 6.23. The van der Waals surface area contributed by atoms with E-state index in [0.717, 1.165) is 55.4 Å². The van der Waals surface area contributed by atoms with Crippen LogP contribution in [-0.2, 0) is 0 Å². The maximum Gasteiger partial charge on any atom is 0.0991 e. The first-order valence-corrected chi connectivity index (χ1v) is 16.2. The topological polar surface area (TPSA) is 62.4 Å². The summed E-state index contributed by atoms with van der Waals surface area (Å²) in [6, 6.07) is 57.3. The van der Waals surface area contributed by atoms with Crippen molar-refractivity contribution in [2.24, 2.45) is 0 Å². The highest BCUT2D eigenvalue weighted by atomic mass is 15.1. The third-order valence-electron chi connectivity index (χ3n) is 9.85. The second kappa shape index (κ2) is 10.2. The van der Waals surface area contributed by atoms with Crippen LogP contribution in [0.1, 0.15) is 11.1 Å². The molecule has 0 aliphatic heterocycles. The highest BCUT2D eigenvalue weighted by Gasteiger charge is 2.22. The molecule has 226 valence electrons. The van der Waals surface area contributed by atoms with Crippen molar-refractivity contribution in [3.63, 3.8) is 0 Å². The van der Waals surface area contributed by atoms with Crippen LogP contribution < -0.4 is 0 Å². The molecule has 3 heterocycles. The molecule has 0 unspecified atom stereocenters. The maximum absolute atomic E-state index is 9.71. The molecular formula is C44H25N5. The average Bonchev–Trinajstić information content (AvgIpc) is 3.80. The number of rotatable bonds is 3. The van der Waals surface area contributed by atoms with Crippen LogP contribution in [0, 0.1) is 22.7 Å². The van der Waals surface area contributed by atoms with Crippen LogP contribution in [-0.4, -0.2) is 13.7 Å². The number of fused-ring (bicyclic) bond motifs is 10. The summed E-state index contributed by atoms with van der Waals surface area (Å²) < 4.78 is 7.05. The third kappa shape index (κ3) is 3.79. The molecule has 0 fully saturated rings. The summed E-state index contributed by atoms with van der Waals surface area (Å²) in [5.41, 5.74) is 10.9. The van der Waals surface area contributed by atoms with Gasteiger partial charge in [0.15, 0.2) is 0 Å². The van der Waals surface area contributed by atoms with Crippen LogP contribution >= 0.6 is 0 Å². The van der Waals surface area contributed by atoms with Crippen LogP contribution in [0.15, 0.2) is 152 Å². The molecule has 0 aliphatic rings. The summed E-state index contributed by atoms with van der Waals surface area (Å²) in [6.45, 7) is 0. The number of para-hydroxylation sites is 3. The molecule has 10 aromatic rings. The summed E-state index contributed by atoms with van der Waals surface area (Å²) in [5.74, 6) is 0. The number of benzene rings is 7. The van der Waals surface area contributed by atoms with Crippen molar-refractivity contribution in [1.82, 2.24) is 13.7 Å². The van der Waals surface area contributed by atoms with Crippen molar-refractivity contribution in [2.45, 2.75) is 0 Å². The molecule has 10 rings (SSSR count). The van der Waals surface area contributed by atoms with Crippen molar-refractivity contribution in [1.29, 1.82) is 10.5 Å². The van der Waals surface area contributed by atoms with Crippen molar-refractivity contribution in [3.8, 4) is 29.2 Å². The second-order valence-corrected chi connectivity index (χ2v) is 12.4. The Morgan fingerprint density at radius 2 is 0.776 bits per heavy atom. The minimum atomic E-state index is 0.589. The fourth-order valence-electron chi connectivity index (χ4n) is 7.83. The van der Waals surface area contributed by atoms with Gasteiger partial charge >= 0.3 is 0 Å². The molecule has 0 aliphatic carbocycles. The lowest BCUT2D eigenvalue weighted by Crippen LogP contribution is -2.00. The normalized spacial score (nSPS) is 11.6. The van der Waals surface area contributed by atoms with Crippen LogP contribution in [0.3, 0.4) is 0 Å². The molecule has 0 atom stereocenters. The lowest BCUT2D eigenvalue weighted by atomic mass is 10.1. The minimum Gasteiger partial charge on any atom is -0.309 e. The van der Waals surface area contributed by atoms with E-state index in [-0.39, 0.29) is 0 Å². The monoisotopic (exact) mass is 623 g/mol. The maximum atomic E-state index is 9.71. The van der Waals surface area contributed by atoms with Gasteiger partial charge in [-0.1, -0.05) is 72.8 Å². The van der Waals surface area contributed by atoms with Gasteiger partial charge in [-0.3, -0.25) is 0 Å². The Labute approximate surface area is 280 Å². The zero-order valence-electron chi connectivity index (χ0n) is 26.2. The second-order valence-electron chi connectivity index (χ2n) is 12.4. The van der Waals surface area contributed by atoms with Gasteiger partial charge < -0.3 is 13.7 Å². The zero-order chi connectivity index (χ0) is 32.6. The SMILES string of the molecule is N#Cc1ccc2c(c1)c1cc(C#N)ccc1n2-c1cccc(-n2c3ccccc3c3ccc4c5ccccc5n(-c5ccccc5)c4c32)c1. The van der Waals surface area contributed by atoms with Gasteiger partial charge in [-0.2, -0.15) is 10.5 Å². The summed E-state index contributed by atoms with van der Waals surface area (Å²) >= 11 is 0. The van der Waals surface area contributed by atoms with E-state index in [1.54, 1.807) is 0 Å². The van der Waals surface area contributed by atoms with E-state index in [1.807, 2.05) is 36.4 Å². The Balaban J connectivity index is 1.33. The Hall–Kier alpha value is -7.08. The average molecular weight is 624 g/mol. The van der Waals surface area contributed by atoms with E-state index in [1.165, 1.54) is 27.1 Å². The molecule has 0 N–H and O–H groups in total. The number of hydrogen-bond donors (Lipinski definition) is 0. The molecule has 0 amide bonds. The molecule has 0 radical (unpaired) electrons. The Bertz CT molecular complexity index is 3000. The quantitative estimate of drug-likeness (QED) is 0.197. The molecule has 3 aromatic heterocycles. The lowest BCUT2D eigenvalue weighted by molar-refractivity contribution is 1.12. The van der Waals surface area contributed by atoms with Crippen molar-refractivity contribution < 1.29 is 0 Å². The predicted octanol–water partition coefficient (Wildman–Crippen LogP) is 10.7. The predicted molar refractivity (Wildman–Crippen MR) is 199 cm³/mol. The molecule has 0 spiro atoms. The van der Waals surface area contributed by atoms with E-state index in [0.29, 0.717) is 11.1 Å². The largest absolute Gasteiger partial charge is 0.309 e. The van der Waals surface area contributed by atoms with Gasteiger partial charge in [0.2, 0.25) is 0 Å². The van der Waals surface area contributed by atoms with Crippen LogP contribution in [0.25, 0.3) is 82.5 Å². The number of aromatic nitrogens is 3. The van der Waals surface area contributed by atoms with Gasteiger partial charge in [0.25, 0.3) is 0 Å². The lowest BCUT2D eigenvalue weighted by Gasteiger charge is -2.14. The van der Waals surface area contributed by atoms with Gasteiger partial charge in [0, 0.05) is 49.4 Å². The Morgan fingerprint density at radius 1 is 0.327 bits per heavy atom. The van der Waals surface area contributed by atoms with E-state index in [9.17, 15) is 10.5 Å². The summed E-state index contributed by atoms with van der Waals surface area (Å²) in [6.07, 6.45) is 0. The fraction of sp³-hybridized carbons (Fsp3) is 0. The minimum absolute atomic E-state index is 0.589. The van der Waals surface area contributed by atoms with Crippen LogP contribution in [0.5, 0.6) is 0 Å². The first-order valence-electron chi connectivity index (χ1n) is 16.2. The molecule has 0 bridgehead atoms. The van der Waals surface area contributed by atoms with E-state index in [2.05, 4.69) is 141 Å². The Morgan fingerprint density at radius 3 is 1.33 bits per heavy atom. The number of nitrogens with zero attached hydrogens (tertiary/aromatic N) is 5. The van der Waals surface area contributed by atoms with Crippen molar-refractivity contribution >= 4 is 65.4 Å². The third-order valence-corrected chi connectivity index (χ3v) is 9.85. The van der Waals surface area contributed by atoms with Crippen molar-refractivity contribution in [2.75, 3.05) is 0 Å². The fourth-order valence-corrected chi connectivity index (χ4v) is 7.83.